The maximum atomic E-state index is 12.7. The lowest BCUT2D eigenvalue weighted by Crippen LogP contribution is -2.49. The van der Waals surface area contributed by atoms with Crippen LogP contribution in [0, 0.1) is 6.92 Å². The number of nitrogens with one attached hydrogen (secondary N) is 1. The second-order valence-electron chi connectivity index (χ2n) is 7.51. The van der Waals surface area contributed by atoms with Crippen LogP contribution in [0.5, 0.6) is 0 Å². The molecule has 31 heavy (non-hydrogen) atoms. The topological polar surface area (TPSA) is 65.5 Å². The quantitative estimate of drug-likeness (QED) is 0.666. The number of halogens is 1. The van der Waals surface area contributed by atoms with Gasteiger partial charge in [0.05, 0.1) is 11.9 Å². The predicted octanol–water partition coefficient (Wildman–Crippen LogP) is 4.26. The first-order valence-electron chi connectivity index (χ1n) is 10.1. The third-order valence-electron chi connectivity index (χ3n) is 5.28. The number of aromatic nitrogens is 1. The van der Waals surface area contributed by atoms with Gasteiger partial charge < -0.3 is 15.1 Å². The Hall–Kier alpha value is -3.38. The van der Waals surface area contributed by atoms with E-state index in [1.54, 1.807) is 42.6 Å². The van der Waals surface area contributed by atoms with Gasteiger partial charge in [-0.3, -0.25) is 9.59 Å². The molecule has 2 heterocycles. The number of hydrogen-bond acceptors (Lipinski definition) is 4. The minimum absolute atomic E-state index is 0.00993. The Balaban J connectivity index is 1.33. The first-order valence-corrected chi connectivity index (χ1v) is 10.5. The Kier molecular flexibility index (Phi) is 6.18. The molecule has 1 aromatic heterocycles. The van der Waals surface area contributed by atoms with Crippen LogP contribution >= 0.6 is 11.6 Å². The lowest BCUT2D eigenvalue weighted by Gasteiger charge is -2.35. The van der Waals surface area contributed by atoms with E-state index in [-0.39, 0.29) is 11.8 Å². The molecule has 2 aromatic carbocycles. The van der Waals surface area contributed by atoms with Crippen LogP contribution in [-0.4, -0.2) is 47.9 Å². The van der Waals surface area contributed by atoms with E-state index in [0.29, 0.717) is 48.0 Å². The van der Waals surface area contributed by atoms with E-state index < -0.39 is 0 Å². The second-order valence-corrected chi connectivity index (χ2v) is 7.95. The summed E-state index contributed by atoms with van der Waals surface area (Å²) in [4.78, 5) is 33.5. The molecule has 0 spiro atoms. The molecule has 6 nitrogen and oxygen atoms in total. The lowest BCUT2D eigenvalue weighted by atomic mass is 10.1. The number of pyridine rings is 1. The molecular weight excluding hydrogens is 412 g/mol. The van der Waals surface area contributed by atoms with Crippen molar-refractivity contribution in [2.75, 3.05) is 36.4 Å². The van der Waals surface area contributed by atoms with Gasteiger partial charge in [0, 0.05) is 42.3 Å². The molecular formula is C24H23ClN4O2. The minimum atomic E-state index is -0.164. The number of benzene rings is 2. The molecule has 2 amide bonds. The zero-order valence-corrected chi connectivity index (χ0v) is 18.0. The van der Waals surface area contributed by atoms with Crippen molar-refractivity contribution in [3.8, 4) is 0 Å². The third kappa shape index (κ3) is 5.03. The van der Waals surface area contributed by atoms with Crippen LogP contribution in [0.15, 0.2) is 66.9 Å². The van der Waals surface area contributed by atoms with Crippen LogP contribution < -0.4 is 10.2 Å². The Labute approximate surface area is 186 Å². The van der Waals surface area contributed by atoms with E-state index in [1.807, 2.05) is 36.1 Å². The Morgan fingerprint density at radius 3 is 2.32 bits per heavy atom. The van der Waals surface area contributed by atoms with Gasteiger partial charge in [-0.25, -0.2) is 4.98 Å². The van der Waals surface area contributed by atoms with Crippen LogP contribution in [0.3, 0.4) is 0 Å². The van der Waals surface area contributed by atoms with Crippen molar-refractivity contribution in [3.63, 3.8) is 0 Å². The summed E-state index contributed by atoms with van der Waals surface area (Å²) >= 11 is 6.00. The predicted molar refractivity (Wildman–Crippen MR) is 123 cm³/mol. The first-order chi connectivity index (χ1) is 15.0. The van der Waals surface area contributed by atoms with Crippen molar-refractivity contribution in [1.29, 1.82) is 0 Å². The molecule has 1 fully saturated rings. The molecule has 158 valence electrons. The number of hydrogen-bond donors (Lipinski definition) is 1. The van der Waals surface area contributed by atoms with Gasteiger partial charge in [-0.2, -0.15) is 0 Å². The average Bonchev–Trinajstić information content (AvgIpc) is 2.80. The van der Waals surface area contributed by atoms with E-state index in [0.717, 1.165) is 11.4 Å². The van der Waals surface area contributed by atoms with Crippen LogP contribution in [0.4, 0.5) is 11.5 Å². The molecule has 1 aliphatic heterocycles. The average molecular weight is 435 g/mol. The highest BCUT2D eigenvalue weighted by molar-refractivity contribution is 6.30. The Bertz CT molecular complexity index is 1080. The van der Waals surface area contributed by atoms with Crippen molar-refractivity contribution >= 4 is 34.9 Å². The highest BCUT2D eigenvalue weighted by Gasteiger charge is 2.23. The van der Waals surface area contributed by atoms with E-state index >= 15 is 0 Å². The fourth-order valence-corrected chi connectivity index (χ4v) is 3.69. The molecule has 0 saturated carbocycles. The molecule has 7 heteroatoms. The number of amides is 2. The van der Waals surface area contributed by atoms with Gasteiger partial charge in [0.25, 0.3) is 11.8 Å². The van der Waals surface area contributed by atoms with E-state index in [1.165, 1.54) is 0 Å². The van der Waals surface area contributed by atoms with Gasteiger partial charge in [0.1, 0.15) is 5.82 Å². The normalized spacial score (nSPS) is 13.7. The molecule has 3 aromatic rings. The zero-order chi connectivity index (χ0) is 21.8. The molecule has 0 aliphatic carbocycles. The van der Waals surface area contributed by atoms with Crippen molar-refractivity contribution in [2.45, 2.75) is 6.92 Å². The molecule has 0 radical (unpaired) electrons. The van der Waals surface area contributed by atoms with Gasteiger partial charge in [0.2, 0.25) is 0 Å². The molecule has 0 bridgehead atoms. The second kappa shape index (κ2) is 9.18. The number of anilines is 2. The van der Waals surface area contributed by atoms with Crippen LogP contribution in [0.2, 0.25) is 5.02 Å². The molecule has 1 saturated heterocycles. The summed E-state index contributed by atoms with van der Waals surface area (Å²) in [5.41, 5.74) is 2.96. The number of carbonyl (C=O) groups is 2. The van der Waals surface area contributed by atoms with Crippen LogP contribution in [0.1, 0.15) is 26.3 Å². The van der Waals surface area contributed by atoms with E-state index in [9.17, 15) is 9.59 Å². The third-order valence-corrected chi connectivity index (χ3v) is 5.52. The van der Waals surface area contributed by atoms with Crippen LogP contribution in [-0.2, 0) is 0 Å². The van der Waals surface area contributed by atoms with Gasteiger partial charge in [-0.1, -0.05) is 35.4 Å². The molecule has 0 unspecified atom stereocenters. The number of piperazine rings is 1. The largest absolute Gasteiger partial charge is 0.353 e. The van der Waals surface area contributed by atoms with Gasteiger partial charge in [0.15, 0.2) is 0 Å². The number of nitrogens with zero attached hydrogens (tertiary/aromatic N) is 3. The summed E-state index contributed by atoms with van der Waals surface area (Å²) in [6.07, 6.45) is 1.66. The summed E-state index contributed by atoms with van der Waals surface area (Å²) in [6.45, 7) is 4.58. The summed E-state index contributed by atoms with van der Waals surface area (Å²) in [5.74, 6) is 0.648. The number of carbonyl (C=O) groups excluding carboxylic acids is 2. The van der Waals surface area contributed by atoms with Crippen molar-refractivity contribution in [2.24, 2.45) is 0 Å². The lowest BCUT2D eigenvalue weighted by molar-refractivity contribution is 0.0746. The fourth-order valence-electron chi connectivity index (χ4n) is 3.50. The first kappa shape index (κ1) is 20.9. The summed E-state index contributed by atoms with van der Waals surface area (Å²) in [5, 5.41) is 3.43. The SMILES string of the molecule is Cc1ccc(C(=O)Nc2ccc(N3CCN(C(=O)c4cccc(Cl)c4)CC3)nc2)cc1. The maximum Gasteiger partial charge on any atom is 0.255 e. The van der Waals surface area contributed by atoms with Gasteiger partial charge in [-0.05, 0) is 49.4 Å². The monoisotopic (exact) mass is 434 g/mol. The van der Waals surface area contributed by atoms with Gasteiger partial charge in [-0.15, -0.1) is 0 Å². The zero-order valence-electron chi connectivity index (χ0n) is 17.2. The minimum Gasteiger partial charge on any atom is -0.353 e. The van der Waals surface area contributed by atoms with E-state index in [4.69, 9.17) is 11.6 Å². The molecule has 1 N–H and O–H groups in total. The highest BCUT2D eigenvalue weighted by Crippen LogP contribution is 2.19. The fraction of sp³-hybridized carbons (Fsp3) is 0.208. The van der Waals surface area contributed by atoms with Crippen molar-refractivity contribution in [1.82, 2.24) is 9.88 Å². The molecule has 1 aliphatic rings. The Morgan fingerprint density at radius 1 is 0.935 bits per heavy atom. The van der Waals surface area contributed by atoms with Crippen molar-refractivity contribution < 1.29 is 9.59 Å². The summed E-state index contributed by atoms with van der Waals surface area (Å²) < 4.78 is 0. The smallest absolute Gasteiger partial charge is 0.255 e. The number of aryl methyl sites for hydroxylation is 1. The summed E-state index contributed by atoms with van der Waals surface area (Å²) in [7, 11) is 0. The van der Waals surface area contributed by atoms with E-state index in [2.05, 4.69) is 15.2 Å². The van der Waals surface area contributed by atoms with Crippen molar-refractivity contribution in [3.05, 3.63) is 88.6 Å². The van der Waals surface area contributed by atoms with Gasteiger partial charge >= 0.3 is 0 Å². The maximum absolute atomic E-state index is 12.7. The Morgan fingerprint density at radius 2 is 1.68 bits per heavy atom. The number of rotatable bonds is 4. The molecule has 4 rings (SSSR count). The summed E-state index contributed by atoms with van der Waals surface area (Å²) in [6, 6.07) is 18.2. The van der Waals surface area contributed by atoms with Crippen LogP contribution in [0.25, 0.3) is 0 Å². The standard InChI is InChI=1S/C24H23ClN4O2/c1-17-5-7-18(8-6-17)23(30)27-21-9-10-22(26-16-21)28-11-13-29(14-12-28)24(31)19-3-2-4-20(25)15-19/h2-10,15-16H,11-14H2,1H3,(H,27,30). The highest BCUT2D eigenvalue weighted by atomic mass is 35.5. The molecule has 0 atom stereocenters.